The van der Waals surface area contributed by atoms with Gasteiger partial charge in [0.2, 0.25) is 0 Å². The van der Waals surface area contributed by atoms with E-state index in [-0.39, 0.29) is 11.8 Å². The summed E-state index contributed by atoms with van der Waals surface area (Å²) in [5.41, 5.74) is 1.83. The van der Waals surface area contributed by atoms with Gasteiger partial charge in [0.25, 0.3) is 0 Å². The second-order valence-electron chi connectivity index (χ2n) is 4.30. The van der Waals surface area contributed by atoms with Crippen LogP contribution < -0.4 is 10.1 Å². The van der Waals surface area contributed by atoms with Gasteiger partial charge in [0.05, 0.1) is 0 Å². The standard InChI is InChI=1S/C14H15F2N3O/c1-10(19-8-11-6-17-9-18-7-11)12-3-2-4-13(5-12)20-14(15)16/h2-7,9-10,14,19H,8H2,1H3. The molecule has 1 heterocycles. The molecule has 1 aromatic carbocycles. The molecule has 0 bridgehead atoms. The number of ether oxygens (including phenoxy) is 1. The van der Waals surface area contributed by atoms with Crippen LogP contribution >= 0.6 is 0 Å². The largest absolute Gasteiger partial charge is 0.435 e. The Bertz CT molecular complexity index is 537. The van der Waals surface area contributed by atoms with Crippen molar-refractivity contribution in [1.82, 2.24) is 15.3 Å². The molecule has 0 saturated heterocycles. The van der Waals surface area contributed by atoms with Crippen molar-refractivity contribution in [3.63, 3.8) is 0 Å². The van der Waals surface area contributed by atoms with Crippen LogP contribution in [0.1, 0.15) is 24.1 Å². The van der Waals surface area contributed by atoms with Crippen LogP contribution in [0.2, 0.25) is 0 Å². The summed E-state index contributed by atoms with van der Waals surface area (Å²) in [5, 5.41) is 3.27. The minimum atomic E-state index is -2.81. The Hall–Kier alpha value is -2.08. The highest BCUT2D eigenvalue weighted by atomic mass is 19.3. The van der Waals surface area contributed by atoms with E-state index in [9.17, 15) is 8.78 Å². The first kappa shape index (κ1) is 14.3. The molecule has 20 heavy (non-hydrogen) atoms. The van der Waals surface area contributed by atoms with E-state index in [0.717, 1.165) is 11.1 Å². The molecule has 0 radical (unpaired) electrons. The molecule has 0 aliphatic heterocycles. The van der Waals surface area contributed by atoms with Gasteiger partial charge in [-0.3, -0.25) is 0 Å². The van der Waals surface area contributed by atoms with Crippen LogP contribution in [0, 0.1) is 0 Å². The highest BCUT2D eigenvalue weighted by Crippen LogP contribution is 2.20. The molecule has 0 spiro atoms. The molecule has 2 aromatic rings. The summed E-state index contributed by atoms with van der Waals surface area (Å²) in [6, 6.07) is 6.66. The predicted molar refractivity (Wildman–Crippen MR) is 70.4 cm³/mol. The van der Waals surface area contributed by atoms with Gasteiger partial charge < -0.3 is 10.1 Å². The lowest BCUT2D eigenvalue weighted by atomic mass is 10.1. The van der Waals surface area contributed by atoms with E-state index in [2.05, 4.69) is 20.0 Å². The lowest BCUT2D eigenvalue weighted by Crippen LogP contribution is -2.18. The summed E-state index contributed by atoms with van der Waals surface area (Å²) in [5.74, 6) is 0.161. The Morgan fingerprint density at radius 3 is 2.70 bits per heavy atom. The van der Waals surface area contributed by atoms with Crippen molar-refractivity contribution in [2.24, 2.45) is 0 Å². The third-order valence-electron chi connectivity index (χ3n) is 2.81. The fourth-order valence-electron chi connectivity index (χ4n) is 1.77. The van der Waals surface area contributed by atoms with Crippen molar-refractivity contribution in [3.8, 4) is 5.75 Å². The maximum Gasteiger partial charge on any atom is 0.387 e. The molecule has 0 aliphatic carbocycles. The van der Waals surface area contributed by atoms with Crippen LogP contribution in [0.4, 0.5) is 8.78 Å². The smallest absolute Gasteiger partial charge is 0.387 e. The number of hydrogen-bond donors (Lipinski definition) is 1. The average molecular weight is 279 g/mol. The summed E-state index contributed by atoms with van der Waals surface area (Å²) < 4.78 is 28.7. The summed E-state index contributed by atoms with van der Waals surface area (Å²) >= 11 is 0. The zero-order valence-electron chi connectivity index (χ0n) is 11.0. The van der Waals surface area contributed by atoms with Gasteiger partial charge in [0.1, 0.15) is 12.1 Å². The highest BCUT2D eigenvalue weighted by molar-refractivity contribution is 5.30. The van der Waals surface area contributed by atoms with Crippen LogP contribution in [-0.4, -0.2) is 16.6 Å². The third kappa shape index (κ3) is 4.24. The number of rotatable bonds is 6. The minimum Gasteiger partial charge on any atom is -0.435 e. The molecular formula is C14H15F2N3O. The van der Waals surface area contributed by atoms with Crippen molar-refractivity contribution < 1.29 is 13.5 Å². The molecule has 2 rings (SSSR count). The molecule has 6 heteroatoms. The quantitative estimate of drug-likeness (QED) is 0.883. The second kappa shape index (κ2) is 6.91. The molecule has 4 nitrogen and oxygen atoms in total. The SMILES string of the molecule is CC(NCc1cncnc1)c1cccc(OC(F)F)c1. The van der Waals surface area contributed by atoms with Crippen molar-refractivity contribution in [2.45, 2.75) is 26.1 Å². The normalized spacial score (nSPS) is 12.4. The molecule has 1 N–H and O–H groups in total. The van der Waals surface area contributed by atoms with Crippen LogP contribution in [-0.2, 0) is 6.54 Å². The van der Waals surface area contributed by atoms with Gasteiger partial charge in [-0.1, -0.05) is 12.1 Å². The van der Waals surface area contributed by atoms with Gasteiger partial charge in [0, 0.05) is 30.5 Å². The van der Waals surface area contributed by atoms with E-state index in [0.29, 0.717) is 6.54 Å². The fourth-order valence-corrected chi connectivity index (χ4v) is 1.77. The zero-order chi connectivity index (χ0) is 14.4. The predicted octanol–water partition coefficient (Wildman–Crippen LogP) is 2.93. The number of alkyl halides is 2. The summed E-state index contributed by atoms with van der Waals surface area (Å²) in [4.78, 5) is 7.86. The molecule has 0 saturated carbocycles. The molecule has 0 aliphatic rings. The lowest BCUT2D eigenvalue weighted by Gasteiger charge is -2.15. The number of hydrogen-bond acceptors (Lipinski definition) is 4. The Morgan fingerprint density at radius 2 is 2.00 bits per heavy atom. The lowest BCUT2D eigenvalue weighted by molar-refractivity contribution is -0.0499. The van der Waals surface area contributed by atoms with Gasteiger partial charge in [-0.2, -0.15) is 8.78 Å². The van der Waals surface area contributed by atoms with Crippen molar-refractivity contribution in [1.29, 1.82) is 0 Å². The number of nitrogens with zero attached hydrogens (tertiary/aromatic N) is 2. The zero-order valence-corrected chi connectivity index (χ0v) is 11.0. The van der Waals surface area contributed by atoms with Gasteiger partial charge >= 0.3 is 6.61 Å². The van der Waals surface area contributed by atoms with Gasteiger partial charge in [-0.05, 0) is 24.6 Å². The number of nitrogens with one attached hydrogen (secondary N) is 1. The van der Waals surface area contributed by atoms with Crippen molar-refractivity contribution >= 4 is 0 Å². The maximum absolute atomic E-state index is 12.2. The van der Waals surface area contributed by atoms with E-state index < -0.39 is 6.61 Å². The van der Waals surface area contributed by atoms with Crippen molar-refractivity contribution in [3.05, 3.63) is 54.1 Å². The van der Waals surface area contributed by atoms with Gasteiger partial charge in [-0.15, -0.1) is 0 Å². The van der Waals surface area contributed by atoms with Crippen LogP contribution in [0.3, 0.4) is 0 Å². The molecule has 1 atom stereocenters. The Labute approximate surface area is 115 Å². The molecule has 0 amide bonds. The number of aromatic nitrogens is 2. The van der Waals surface area contributed by atoms with E-state index in [1.165, 1.54) is 12.4 Å². The molecular weight excluding hydrogens is 264 g/mol. The van der Waals surface area contributed by atoms with Crippen LogP contribution in [0.25, 0.3) is 0 Å². The Kier molecular flexibility index (Phi) is 4.95. The average Bonchev–Trinajstić information content (AvgIpc) is 2.45. The van der Waals surface area contributed by atoms with E-state index in [4.69, 9.17) is 0 Å². The molecule has 0 fully saturated rings. The van der Waals surface area contributed by atoms with Gasteiger partial charge in [0.15, 0.2) is 0 Å². The Morgan fingerprint density at radius 1 is 1.25 bits per heavy atom. The first-order valence-electron chi connectivity index (χ1n) is 6.17. The first-order valence-corrected chi connectivity index (χ1v) is 6.17. The Balaban J connectivity index is 1.96. The number of halogens is 2. The highest BCUT2D eigenvalue weighted by Gasteiger charge is 2.09. The topological polar surface area (TPSA) is 47.0 Å². The van der Waals surface area contributed by atoms with E-state index in [1.807, 2.05) is 13.0 Å². The first-order chi connectivity index (χ1) is 9.65. The number of benzene rings is 1. The third-order valence-corrected chi connectivity index (χ3v) is 2.81. The summed E-state index contributed by atoms with van der Waals surface area (Å²) in [7, 11) is 0. The monoisotopic (exact) mass is 279 g/mol. The fraction of sp³-hybridized carbons (Fsp3) is 0.286. The van der Waals surface area contributed by atoms with Crippen LogP contribution in [0.15, 0.2) is 43.0 Å². The minimum absolute atomic E-state index is 0.00331. The van der Waals surface area contributed by atoms with Gasteiger partial charge in [-0.25, -0.2) is 9.97 Å². The second-order valence-corrected chi connectivity index (χ2v) is 4.30. The van der Waals surface area contributed by atoms with E-state index in [1.54, 1.807) is 24.5 Å². The summed E-state index contributed by atoms with van der Waals surface area (Å²) in [6.07, 6.45) is 4.92. The molecule has 106 valence electrons. The maximum atomic E-state index is 12.2. The van der Waals surface area contributed by atoms with Crippen molar-refractivity contribution in [2.75, 3.05) is 0 Å². The molecule has 1 aromatic heterocycles. The van der Waals surface area contributed by atoms with Crippen LogP contribution in [0.5, 0.6) is 5.75 Å². The van der Waals surface area contributed by atoms with E-state index >= 15 is 0 Å². The summed E-state index contributed by atoms with van der Waals surface area (Å²) in [6.45, 7) is -0.261. The molecule has 1 unspecified atom stereocenters.